The quantitative estimate of drug-likeness (QED) is 0.556. The molecule has 0 aliphatic heterocycles. The van der Waals surface area contributed by atoms with Crippen LogP contribution >= 0.6 is 0 Å². The third-order valence-corrected chi connectivity index (χ3v) is 3.85. The molecule has 5 heteroatoms. The van der Waals surface area contributed by atoms with Crippen LogP contribution in [0.1, 0.15) is 5.56 Å². The van der Waals surface area contributed by atoms with E-state index in [1.807, 2.05) is 24.3 Å². The van der Waals surface area contributed by atoms with Crippen LogP contribution in [0.25, 0.3) is 33.7 Å². The number of aryl methyl sites for hydroxylation is 1. The number of pyridine rings is 2. The van der Waals surface area contributed by atoms with Gasteiger partial charge in [0.1, 0.15) is 11.3 Å². The predicted molar refractivity (Wildman–Crippen MR) is 90.7 cm³/mol. The van der Waals surface area contributed by atoms with Gasteiger partial charge >= 0.3 is 0 Å². The summed E-state index contributed by atoms with van der Waals surface area (Å²) in [6.07, 6.45) is 4.98. The molecule has 4 aromatic rings. The zero-order chi connectivity index (χ0) is 16.5. The predicted octanol–water partition coefficient (Wildman–Crippen LogP) is 4.20. The molecule has 116 valence electrons. The van der Waals surface area contributed by atoms with E-state index in [0.717, 1.165) is 28.0 Å². The Morgan fingerprint density at radius 1 is 0.875 bits per heavy atom. The lowest BCUT2D eigenvalue weighted by atomic mass is 10.0. The number of rotatable bonds is 2. The van der Waals surface area contributed by atoms with Crippen molar-refractivity contribution in [3.05, 3.63) is 72.4 Å². The standard InChI is InChI=1S/C19H13FN4/c1-12-11-13(4-5-15(12)20)18-14(3-2-8-22-18)16-6-7-17-19(24-16)23-10-9-21-17/h2-11H,1H3. The van der Waals surface area contributed by atoms with Crippen LogP contribution in [0.5, 0.6) is 0 Å². The summed E-state index contributed by atoms with van der Waals surface area (Å²) in [5.74, 6) is -0.227. The fraction of sp³-hybridized carbons (Fsp3) is 0.0526. The third kappa shape index (κ3) is 2.50. The van der Waals surface area contributed by atoms with Crippen LogP contribution in [-0.2, 0) is 0 Å². The Labute approximate surface area is 138 Å². The number of aromatic nitrogens is 4. The Hall–Kier alpha value is -3.21. The van der Waals surface area contributed by atoms with Crippen LogP contribution in [0, 0.1) is 12.7 Å². The number of hydrogen-bond donors (Lipinski definition) is 0. The van der Waals surface area contributed by atoms with E-state index in [9.17, 15) is 4.39 Å². The first-order chi connectivity index (χ1) is 11.7. The van der Waals surface area contributed by atoms with E-state index < -0.39 is 0 Å². The van der Waals surface area contributed by atoms with Crippen molar-refractivity contribution in [3.8, 4) is 22.5 Å². The van der Waals surface area contributed by atoms with Gasteiger partial charge in [-0.3, -0.25) is 9.97 Å². The van der Waals surface area contributed by atoms with Gasteiger partial charge in [0.05, 0.1) is 11.4 Å². The second kappa shape index (κ2) is 5.77. The molecule has 0 saturated heterocycles. The smallest absolute Gasteiger partial charge is 0.178 e. The molecule has 0 aliphatic rings. The second-order valence-electron chi connectivity index (χ2n) is 5.46. The minimum absolute atomic E-state index is 0.227. The van der Waals surface area contributed by atoms with E-state index in [4.69, 9.17) is 0 Å². The Balaban J connectivity index is 1.90. The molecular weight excluding hydrogens is 303 g/mol. The van der Waals surface area contributed by atoms with Gasteiger partial charge in [-0.15, -0.1) is 0 Å². The lowest BCUT2D eigenvalue weighted by molar-refractivity contribution is 0.619. The third-order valence-electron chi connectivity index (χ3n) is 3.85. The molecule has 4 nitrogen and oxygen atoms in total. The SMILES string of the molecule is Cc1cc(-c2ncccc2-c2ccc3nccnc3n2)ccc1F. The minimum Gasteiger partial charge on any atom is -0.256 e. The second-order valence-corrected chi connectivity index (χ2v) is 5.46. The summed E-state index contributed by atoms with van der Waals surface area (Å²) >= 11 is 0. The van der Waals surface area contributed by atoms with E-state index >= 15 is 0 Å². The van der Waals surface area contributed by atoms with Gasteiger partial charge < -0.3 is 0 Å². The van der Waals surface area contributed by atoms with Crippen LogP contribution in [0.15, 0.2) is 61.1 Å². The number of nitrogens with zero attached hydrogens (tertiary/aromatic N) is 4. The highest BCUT2D eigenvalue weighted by molar-refractivity contribution is 5.82. The number of hydrogen-bond acceptors (Lipinski definition) is 4. The summed E-state index contributed by atoms with van der Waals surface area (Å²) in [6.45, 7) is 1.74. The van der Waals surface area contributed by atoms with E-state index in [2.05, 4.69) is 19.9 Å². The van der Waals surface area contributed by atoms with Crippen molar-refractivity contribution in [1.29, 1.82) is 0 Å². The lowest BCUT2D eigenvalue weighted by Gasteiger charge is -2.09. The number of fused-ring (bicyclic) bond motifs is 1. The van der Waals surface area contributed by atoms with Crippen LogP contribution in [0.2, 0.25) is 0 Å². The summed E-state index contributed by atoms with van der Waals surface area (Å²) in [5, 5.41) is 0. The summed E-state index contributed by atoms with van der Waals surface area (Å²) in [6, 6.07) is 12.6. The average Bonchev–Trinajstić information content (AvgIpc) is 2.63. The zero-order valence-corrected chi connectivity index (χ0v) is 12.9. The van der Waals surface area contributed by atoms with Crippen molar-refractivity contribution in [2.45, 2.75) is 6.92 Å². The minimum atomic E-state index is -0.227. The van der Waals surface area contributed by atoms with Crippen LogP contribution in [0.3, 0.4) is 0 Å². The molecule has 4 rings (SSSR count). The normalized spacial score (nSPS) is 10.9. The molecule has 0 radical (unpaired) electrons. The van der Waals surface area contributed by atoms with E-state index in [-0.39, 0.29) is 5.82 Å². The van der Waals surface area contributed by atoms with Gasteiger partial charge in [0, 0.05) is 29.7 Å². The molecular formula is C19H13FN4. The summed E-state index contributed by atoms with van der Waals surface area (Å²) in [4.78, 5) is 17.5. The molecule has 0 amide bonds. The molecule has 0 aliphatic carbocycles. The maximum atomic E-state index is 13.6. The van der Waals surface area contributed by atoms with Gasteiger partial charge in [-0.2, -0.15) is 0 Å². The molecule has 0 spiro atoms. The van der Waals surface area contributed by atoms with Crippen LogP contribution in [-0.4, -0.2) is 19.9 Å². The van der Waals surface area contributed by atoms with Gasteiger partial charge in [-0.25, -0.2) is 14.4 Å². The largest absolute Gasteiger partial charge is 0.256 e. The molecule has 0 saturated carbocycles. The monoisotopic (exact) mass is 316 g/mol. The van der Waals surface area contributed by atoms with Crippen molar-refractivity contribution in [2.75, 3.05) is 0 Å². The van der Waals surface area contributed by atoms with Gasteiger partial charge in [-0.05, 0) is 55.0 Å². The van der Waals surface area contributed by atoms with Gasteiger partial charge in [0.2, 0.25) is 0 Å². The van der Waals surface area contributed by atoms with Crippen molar-refractivity contribution in [2.24, 2.45) is 0 Å². The van der Waals surface area contributed by atoms with Gasteiger partial charge in [0.15, 0.2) is 5.65 Å². The molecule has 0 fully saturated rings. The summed E-state index contributed by atoms with van der Waals surface area (Å²) in [7, 11) is 0. The molecule has 0 N–H and O–H groups in total. The molecule has 3 heterocycles. The highest BCUT2D eigenvalue weighted by Gasteiger charge is 2.12. The van der Waals surface area contributed by atoms with Crippen LogP contribution in [0.4, 0.5) is 4.39 Å². The average molecular weight is 316 g/mol. The Kier molecular flexibility index (Phi) is 3.46. The highest BCUT2D eigenvalue weighted by atomic mass is 19.1. The first-order valence-corrected chi connectivity index (χ1v) is 7.52. The fourth-order valence-electron chi connectivity index (χ4n) is 2.64. The molecule has 0 bridgehead atoms. The van der Waals surface area contributed by atoms with Crippen molar-refractivity contribution >= 4 is 11.2 Å². The van der Waals surface area contributed by atoms with Gasteiger partial charge in [-0.1, -0.05) is 0 Å². The highest BCUT2D eigenvalue weighted by Crippen LogP contribution is 2.30. The van der Waals surface area contributed by atoms with Gasteiger partial charge in [0.25, 0.3) is 0 Å². The molecule has 0 atom stereocenters. The van der Waals surface area contributed by atoms with Crippen LogP contribution < -0.4 is 0 Å². The van der Waals surface area contributed by atoms with Crippen molar-refractivity contribution in [1.82, 2.24) is 19.9 Å². The van der Waals surface area contributed by atoms with E-state index in [1.54, 1.807) is 37.6 Å². The molecule has 0 unspecified atom stereocenters. The fourth-order valence-corrected chi connectivity index (χ4v) is 2.64. The lowest BCUT2D eigenvalue weighted by Crippen LogP contribution is -1.94. The maximum Gasteiger partial charge on any atom is 0.178 e. The Bertz CT molecular complexity index is 1050. The molecule has 24 heavy (non-hydrogen) atoms. The van der Waals surface area contributed by atoms with E-state index in [0.29, 0.717) is 11.2 Å². The Morgan fingerprint density at radius 3 is 2.62 bits per heavy atom. The first-order valence-electron chi connectivity index (χ1n) is 7.52. The summed E-state index contributed by atoms with van der Waals surface area (Å²) in [5.41, 5.74) is 5.15. The first kappa shape index (κ1) is 14.4. The maximum absolute atomic E-state index is 13.6. The van der Waals surface area contributed by atoms with Crippen molar-refractivity contribution < 1.29 is 4.39 Å². The van der Waals surface area contributed by atoms with E-state index in [1.165, 1.54) is 6.07 Å². The van der Waals surface area contributed by atoms with Crippen molar-refractivity contribution in [3.63, 3.8) is 0 Å². The number of benzene rings is 1. The zero-order valence-electron chi connectivity index (χ0n) is 12.9. The molecule has 1 aromatic carbocycles. The topological polar surface area (TPSA) is 51.6 Å². The molecule has 3 aromatic heterocycles. The number of halogens is 1. The summed E-state index contributed by atoms with van der Waals surface area (Å²) < 4.78 is 13.6. The Morgan fingerprint density at radius 2 is 1.75 bits per heavy atom.